The molecule has 2 saturated heterocycles. The fourth-order valence-electron chi connectivity index (χ4n) is 5.36. The first kappa shape index (κ1) is 25.6. The third-order valence-electron chi connectivity index (χ3n) is 7.38. The number of nitrogens with zero attached hydrogens (tertiary/aromatic N) is 6. The SMILES string of the molecule is COCOc1cc(-c2cc(=O)n(C)cn2)ccc1-c1cnc(N(C)[C@H]2C[C@@H]3CC[C@H]([C@H]2F)N3C(=O)O)cn1. The number of anilines is 1. The van der Waals surface area contributed by atoms with Crippen LogP contribution in [-0.4, -0.2) is 80.9 Å². The number of methoxy groups -OCH3 is 1. The minimum absolute atomic E-state index is 0.00392. The summed E-state index contributed by atoms with van der Waals surface area (Å²) in [5.41, 5.74) is 2.22. The topological polar surface area (TPSA) is 123 Å². The van der Waals surface area contributed by atoms with Gasteiger partial charge in [0.15, 0.2) is 6.79 Å². The van der Waals surface area contributed by atoms with Gasteiger partial charge in [-0.25, -0.2) is 19.2 Å². The molecule has 2 aromatic heterocycles. The maximum atomic E-state index is 15.4. The second kappa shape index (κ2) is 10.4. The van der Waals surface area contributed by atoms with Gasteiger partial charge in [0.05, 0.1) is 42.2 Å². The number of hydrogen-bond acceptors (Lipinski definition) is 8. The highest BCUT2D eigenvalue weighted by Gasteiger charge is 2.51. The number of rotatable bonds is 7. The Bertz CT molecular complexity index is 1380. The molecule has 11 nitrogen and oxygen atoms in total. The molecule has 4 heterocycles. The zero-order valence-electron chi connectivity index (χ0n) is 21.3. The summed E-state index contributed by atoms with van der Waals surface area (Å²) in [6.45, 7) is 0.00392. The molecular formula is C26H29FN6O5. The molecule has 1 N–H and O–H groups in total. The lowest BCUT2D eigenvalue weighted by Crippen LogP contribution is -2.58. The number of halogens is 1. The standard InChI is InChI=1S/C26H29FN6O5/c1-31-13-30-18(10-24(31)34)15-4-6-17(22(8-15)38-14-37-3)19-11-29-23(12-28-19)32(2)21-9-16-5-7-20(25(21)27)33(16)26(35)36/h4,6,8,10-13,16,20-21,25H,5,7,9,14H2,1-3H3,(H,35,36)/t16-,20+,21-,25+/m0/s1. The Morgan fingerprint density at radius 1 is 1.18 bits per heavy atom. The molecular weight excluding hydrogens is 495 g/mol. The molecule has 0 radical (unpaired) electrons. The molecule has 0 saturated carbocycles. The van der Waals surface area contributed by atoms with E-state index >= 15 is 4.39 Å². The van der Waals surface area contributed by atoms with Crippen molar-refractivity contribution in [3.8, 4) is 28.3 Å². The first-order valence-electron chi connectivity index (χ1n) is 12.3. The Morgan fingerprint density at radius 3 is 2.68 bits per heavy atom. The molecule has 12 heteroatoms. The predicted molar refractivity (Wildman–Crippen MR) is 137 cm³/mol. The Labute approximate surface area is 218 Å². The molecule has 5 rings (SSSR count). The normalized spacial score (nSPS) is 22.4. The van der Waals surface area contributed by atoms with E-state index in [1.165, 1.54) is 29.0 Å². The van der Waals surface area contributed by atoms with Gasteiger partial charge in [0.25, 0.3) is 5.56 Å². The van der Waals surface area contributed by atoms with Crippen molar-refractivity contribution in [2.45, 2.75) is 43.6 Å². The van der Waals surface area contributed by atoms with Crippen LogP contribution in [0.3, 0.4) is 0 Å². The van der Waals surface area contributed by atoms with E-state index in [4.69, 9.17) is 9.47 Å². The van der Waals surface area contributed by atoms with Crippen LogP contribution in [-0.2, 0) is 11.8 Å². The average Bonchev–Trinajstić information content (AvgIpc) is 3.28. The summed E-state index contributed by atoms with van der Waals surface area (Å²) in [7, 11) is 4.91. The third kappa shape index (κ3) is 4.67. The van der Waals surface area contributed by atoms with Crippen molar-refractivity contribution >= 4 is 11.9 Å². The summed E-state index contributed by atoms with van der Waals surface area (Å²) in [5, 5.41) is 9.49. The Hall–Kier alpha value is -4.06. The molecule has 0 spiro atoms. The molecule has 0 aliphatic carbocycles. The maximum absolute atomic E-state index is 15.4. The van der Waals surface area contributed by atoms with Gasteiger partial charge in [-0.1, -0.05) is 6.07 Å². The minimum Gasteiger partial charge on any atom is -0.467 e. The molecule has 200 valence electrons. The van der Waals surface area contributed by atoms with Crippen molar-refractivity contribution in [2.24, 2.45) is 7.05 Å². The number of aryl methyl sites for hydroxylation is 1. The zero-order chi connectivity index (χ0) is 27.0. The van der Waals surface area contributed by atoms with Gasteiger partial charge in [0, 0.05) is 44.4 Å². The zero-order valence-corrected chi connectivity index (χ0v) is 21.3. The molecule has 4 atom stereocenters. The molecule has 0 unspecified atom stereocenters. The Morgan fingerprint density at radius 2 is 2.00 bits per heavy atom. The van der Waals surface area contributed by atoms with Crippen molar-refractivity contribution in [3.63, 3.8) is 0 Å². The van der Waals surface area contributed by atoms with Crippen LogP contribution in [0.25, 0.3) is 22.5 Å². The number of hydrogen-bond donors (Lipinski definition) is 1. The molecule has 1 aromatic carbocycles. The summed E-state index contributed by atoms with van der Waals surface area (Å²) in [4.78, 5) is 40.1. The lowest BCUT2D eigenvalue weighted by Gasteiger charge is -2.43. The Balaban J connectivity index is 1.39. The lowest BCUT2D eigenvalue weighted by molar-refractivity contribution is 0.0489. The largest absolute Gasteiger partial charge is 0.467 e. The quantitative estimate of drug-likeness (QED) is 0.465. The lowest BCUT2D eigenvalue weighted by atomic mass is 9.94. The van der Waals surface area contributed by atoms with Crippen molar-refractivity contribution in [2.75, 3.05) is 25.9 Å². The molecule has 3 aromatic rings. The van der Waals surface area contributed by atoms with E-state index in [1.807, 2.05) is 12.1 Å². The van der Waals surface area contributed by atoms with Crippen molar-refractivity contribution < 1.29 is 23.8 Å². The number of aromatic nitrogens is 4. The number of ether oxygens (including phenoxy) is 2. The fourth-order valence-corrected chi connectivity index (χ4v) is 5.36. The van der Waals surface area contributed by atoms with Gasteiger partial charge in [0.1, 0.15) is 17.7 Å². The van der Waals surface area contributed by atoms with Gasteiger partial charge in [-0.3, -0.25) is 14.7 Å². The minimum atomic E-state index is -1.32. The summed E-state index contributed by atoms with van der Waals surface area (Å²) < 4.78 is 27.6. The van der Waals surface area contributed by atoms with Gasteiger partial charge < -0.3 is 24.0 Å². The molecule has 2 fully saturated rings. The second-order valence-electron chi connectivity index (χ2n) is 9.59. The van der Waals surface area contributed by atoms with E-state index in [0.717, 1.165) is 0 Å². The number of carbonyl (C=O) groups is 1. The molecule has 2 aliphatic rings. The summed E-state index contributed by atoms with van der Waals surface area (Å²) in [5.74, 6) is 0.966. The van der Waals surface area contributed by atoms with Crippen molar-refractivity contribution in [3.05, 3.63) is 53.3 Å². The van der Waals surface area contributed by atoms with E-state index < -0.39 is 24.3 Å². The highest BCUT2D eigenvalue weighted by Crippen LogP contribution is 2.40. The molecule has 1 amide bonds. The van der Waals surface area contributed by atoms with Crippen molar-refractivity contribution in [1.29, 1.82) is 0 Å². The first-order valence-corrected chi connectivity index (χ1v) is 12.3. The van der Waals surface area contributed by atoms with Crippen LogP contribution in [0, 0.1) is 0 Å². The van der Waals surface area contributed by atoms with Crippen LogP contribution in [0.4, 0.5) is 15.0 Å². The van der Waals surface area contributed by atoms with Crippen LogP contribution in [0.2, 0.25) is 0 Å². The van der Waals surface area contributed by atoms with Crippen LogP contribution in [0.5, 0.6) is 5.75 Å². The van der Waals surface area contributed by atoms with Crippen LogP contribution in [0.15, 0.2) is 47.8 Å². The number of alkyl halides is 1. The van der Waals surface area contributed by atoms with Crippen LogP contribution < -0.4 is 15.2 Å². The predicted octanol–water partition coefficient (Wildman–Crippen LogP) is 2.94. The first-order chi connectivity index (χ1) is 18.3. The second-order valence-corrected chi connectivity index (χ2v) is 9.59. The third-order valence-corrected chi connectivity index (χ3v) is 7.38. The number of piperidine rings is 1. The van der Waals surface area contributed by atoms with Gasteiger partial charge >= 0.3 is 6.09 Å². The van der Waals surface area contributed by atoms with Gasteiger partial charge in [-0.2, -0.15) is 0 Å². The number of fused-ring (bicyclic) bond motifs is 2. The molecule has 38 heavy (non-hydrogen) atoms. The van der Waals surface area contributed by atoms with Crippen LogP contribution in [0.1, 0.15) is 19.3 Å². The number of carboxylic acid groups (broad SMARTS) is 1. The number of benzene rings is 1. The molecule has 2 aliphatic heterocycles. The highest BCUT2D eigenvalue weighted by atomic mass is 19.1. The molecule has 2 bridgehead atoms. The van der Waals surface area contributed by atoms with E-state index in [0.29, 0.717) is 53.3 Å². The average molecular weight is 525 g/mol. The van der Waals surface area contributed by atoms with Gasteiger partial charge in [-0.15, -0.1) is 0 Å². The van der Waals surface area contributed by atoms with E-state index in [9.17, 15) is 14.7 Å². The maximum Gasteiger partial charge on any atom is 0.407 e. The fraction of sp³-hybridized carbons (Fsp3) is 0.423. The summed E-state index contributed by atoms with van der Waals surface area (Å²) in [6.07, 6.45) is 3.84. The van der Waals surface area contributed by atoms with Crippen molar-refractivity contribution in [1.82, 2.24) is 24.4 Å². The van der Waals surface area contributed by atoms with E-state index in [1.54, 1.807) is 37.5 Å². The van der Waals surface area contributed by atoms with Crippen LogP contribution >= 0.6 is 0 Å². The highest BCUT2D eigenvalue weighted by molar-refractivity contribution is 5.73. The van der Waals surface area contributed by atoms with Gasteiger partial charge in [0.2, 0.25) is 0 Å². The summed E-state index contributed by atoms with van der Waals surface area (Å²) >= 11 is 0. The Kier molecular flexibility index (Phi) is 6.98. The smallest absolute Gasteiger partial charge is 0.407 e. The number of amides is 1. The summed E-state index contributed by atoms with van der Waals surface area (Å²) in [6, 6.07) is 5.52. The van der Waals surface area contributed by atoms with Gasteiger partial charge in [-0.05, 0) is 31.4 Å². The van der Waals surface area contributed by atoms with E-state index in [2.05, 4.69) is 15.0 Å². The van der Waals surface area contributed by atoms with E-state index in [-0.39, 0.29) is 18.4 Å². The monoisotopic (exact) mass is 524 g/mol.